The first-order chi connectivity index (χ1) is 21.1. The van der Waals surface area contributed by atoms with Gasteiger partial charge in [0.1, 0.15) is 5.75 Å². The van der Waals surface area contributed by atoms with Crippen LogP contribution in [-0.2, 0) is 30.5 Å². The molecule has 0 saturated heterocycles. The normalized spacial score (nSPS) is 16.0. The third-order valence-corrected chi connectivity index (χ3v) is 9.07. The average Bonchev–Trinajstić information content (AvgIpc) is 3.06. The van der Waals surface area contributed by atoms with Crippen LogP contribution >= 0.6 is 0 Å². The molecule has 6 nitrogen and oxygen atoms in total. The van der Waals surface area contributed by atoms with Crippen LogP contribution in [0.25, 0.3) is 21.7 Å². The Balaban J connectivity index is 1.25. The molecule has 2 heterocycles. The summed E-state index contributed by atoms with van der Waals surface area (Å²) in [6, 6.07) is 26.9. The van der Waals surface area contributed by atoms with Crippen molar-refractivity contribution in [1.82, 2.24) is 9.88 Å². The maximum absolute atomic E-state index is 14.2. The van der Waals surface area contributed by atoms with Crippen molar-refractivity contribution in [1.29, 1.82) is 0 Å². The third kappa shape index (κ3) is 5.05. The fourth-order valence-corrected chi connectivity index (χ4v) is 6.94. The first kappa shape index (κ1) is 27.3. The maximum atomic E-state index is 14.2. The molecule has 1 atom stereocenters. The molecule has 0 spiro atoms. The number of nitrogens with zero attached hydrogens (tertiary/aromatic N) is 2. The van der Waals surface area contributed by atoms with E-state index in [9.17, 15) is 4.79 Å². The van der Waals surface area contributed by atoms with Crippen LogP contribution in [0.4, 0.5) is 0 Å². The standard InChI is InChI=1S/C37H36N2O4/c1-41-34-21-26-18-19-39(33(30(26)22-35(34)42-2)20-25-12-9-11-24-10-3-4-13-27(24)25)36(40)23-43-37-28-14-5-7-16-31(28)38-32-17-8-6-15-29(32)37/h3-5,7,9-14,16,21-22,33H,6,8,15,17-20,23H2,1-2H3. The number of hydrogen-bond donors (Lipinski definition) is 0. The molecule has 4 aromatic carbocycles. The van der Waals surface area contributed by atoms with Crippen molar-refractivity contribution in [2.45, 2.75) is 44.6 Å². The summed E-state index contributed by atoms with van der Waals surface area (Å²) < 4.78 is 17.8. The monoisotopic (exact) mass is 572 g/mol. The van der Waals surface area contributed by atoms with Gasteiger partial charge in [-0.1, -0.05) is 54.6 Å². The van der Waals surface area contributed by atoms with Crippen molar-refractivity contribution < 1.29 is 19.0 Å². The highest BCUT2D eigenvalue weighted by atomic mass is 16.5. The topological polar surface area (TPSA) is 60.9 Å². The highest BCUT2D eigenvalue weighted by Gasteiger charge is 2.33. The summed E-state index contributed by atoms with van der Waals surface area (Å²) in [6.45, 7) is 0.588. The van der Waals surface area contributed by atoms with E-state index in [1.807, 2.05) is 23.1 Å². The number of hydrogen-bond acceptors (Lipinski definition) is 5. The lowest BCUT2D eigenvalue weighted by Crippen LogP contribution is -2.43. The first-order valence-electron chi connectivity index (χ1n) is 15.2. The number of pyridine rings is 1. The predicted molar refractivity (Wildman–Crippen MR) is 169 cm³/mol. The lowest BCUT2D eigenvalue weighted by atomic mass is 9.87. The summed E-state index contributed by atoms with van der Waals surface area (Å²) in [5.74, 6) is 2.19. The summed E-state index contributed by atoms with van der Waals surface area (Å²) in [5, 5.41) is 3.37. The molecular formula is C37H36N2O4. The zero-order chi connectivity index (χ0) is 29.3. The molecule has 1 aliphatic heterocycles. The van der Waals surface area contributed by atoms with Gasteiger partial charge in [0.2, 0.25) is 0 Å². The van der Waals surface area contributed by atoms with Crippen molar-refractivity contribution in [2.75, 3.05) is 27.4 Å². The van der Waals surface area contributed by atoms with Crippen molar-refractivity contribution in [3.05, 3.63) is 107 Å². The number of fused-ring (bicyclic) bond motifs is 4. The van der Waals surface area contributed by atoms with Gasteiger partial charge in [-0.25, -0.2) is 0 Å². The fourth-order valence-electron chi connectivity index (χ4n) is 6.94. The van der Waals surface area contributed by atoms with Crippen molar-refractivity contribution in [3.63, 3.8) is 0 Å². The van der Waals surface area contributed by atoms with Crippen LogP contribution in [0, 0.1) is 0 Å². The molecule has 1 aromatic heterocycles. The van der Waals surface area contributed by atoms with Gasteiger partial charge in [0, 0.05) is 23.2 Å². The second kappa shape index (κ2) is 11.6. The Bertz CT molecular complexity index is 1830. The quantitative estimate of drug-likeness (QED) is 0.210. The third-order valence-electron chi connectivity index (χ3n) is 9.07. The van der Waals surface area contributed by atoms with E-state index >= 15 is 0 Å². The number of benzene rings is 4. The van der Waals surface area contributed by atoms with Crippen molar-refractivity contribution in [2.24, 2.45) is 0 Å². The van der Waals surface area contributed by atoms with E-state index in [1.165, 1.54) is 21.9 Å². The van der Waals surface area contributed by atoms with Gasteiger partial charge in [-0.2, -0.15) is 0 Å². The van der Waals surface area contributed by atoms with Gasteiger partial charge in [-0.05, 0) is 90.3 Å². The number of rotatable bonds is 7. The highest BCUT2D eigenvalue weighted by molar-refractivity contribution is 5.88. The van der Waals surface area contributed by atoms with E-state index in [0.29, 0.717) is 24.5 Å². The van der Waals surface area contributed by atoms with Gasteiger partial charge in [-0.15, -0.1) is 0 Å². The van der Waals surface area contributed by atoms with Crippen molar-refractivity contribution in [3.8, 4) is 17.2 Å². The molecule has 0 radical (unpaired) electrons. The van der Waals surface area contributed by atoms with Crippen LogP contribution in [-0.4, -0.2) is 43.2 Å². The Morgan fingerprint density at radius 2 is 1.60 bits per heavy atom. The predicted octanol–water partition coefficient (Wildman–Crippen LogP) is 7.03. The van der Waals surface area contributed by atoms with Crippen LogP contribution in [0.5, 0.6) is 17.2 Å². The molecule has 6 heteroatoms. The molecule has 43 heavy (non-hydrogen) atoms. The van der Waals surface area contributed by atoms with Crippen molar-refractivity contribution >= 4 is 27.6 Å². The molecule has 1 aliphatic carbocycles. The summed E-state index contributed by atoms with van der Waals surface area (Å²) >= 11 is 0. The van der Waals surface area contributed by atoms with E-state index in [4.69, 9.17) is 19.2 Å². The fraction of sp³-hybridized carbons (Fsp3) is 0.297. The van der Waals surface area contributed by atoms with Crippen LogP contribution in [0.3, 0.4) is 0 Å². The molecular weight excluding hydrogens is 536 g/mol. The zero-order valence-electron chi connectivity index (χ0n) is 24.8. The lowest BCUT2D eigenvalue weighted by Gasteiger charge is -2.38. The minimum atomic E-state index is -0.173. The number of aryl methyl sites for hydroxylation is 1. The Morgan fingerprint density at radius 1 is 0.860 bits per heavy atom. The first-order valence-corrected chi connectivity index (χ1v) is 15.2. The molecule has 0 fully saturated rings. The minimum Gasteiger partial charge on any atom is -0.493 e. The number of methoxy groups -OCH3 is 2. The van der Waals surface area contributed by atoms with Gasteiger partial charge in [-0.3, -0.25) is 9.78 Å². The number of aromatic nitrogens is 1. The molecule has 7 rings (SSSR count). The second-order valence-electron chi connectivity index (χ2n) is 11.5. The van der Waals surface area contributed by atoms with E-state index in [-0.39, 0.29) is 18.6 Å². The van der Waals surface area contributed by atoms with Crippen LogP contribution in [0.2, 0.25) is 0 Å². The molecule has 218 valence electrons. The molecule has 2 aliphatic rings. The van der Waals surface area contributed by atoms with E-state index in [2.05, 4.69) is 60.7 Å². The van der Waals surface area contributed by atoms with Gasteiger partial charge in [0.05, 0.1) is 25.8 Å². The number of para-hydroxylation sites is 1. The second-order valence-corrected chi connectivity index (χ2v) is 11.5. The zero-order valence-corrected chi connectivity index (χ0v) is 24.8. The Morgan fingerprint density at radius 3 is 2.47 bits per heavy atom. The summed E-state index contributed by atoms with van der Waals surface area (Å²) in [5.41, 5.74) is 6.67. The SMILES string of the molecule is COc1cc2c(cc1OC)C(Cc1cccc3ccccc13)N(C(=O)COc1c3c(nc4ccccc14)CCCC3)CC2. The number of carbonyl (C=O) groups excluding carboxylic acids is 1. The molecule has 1 amide bonds. The van der Waals surface area contributed by atoms with Gasteiger partial charge in [0.25, 0.3) is 5.91 Å². The minimum absolute atomic E-state index is 0.0175. The van der Waals surface area contributed by atoms with Gasteiger partial charge < -0.3 is 19.1 Å². The summed E-state index contributed by atoms with van der Waals surface area (Å²) in [4.78, 5) is 21.1. The Hall–Kier alpha value is -4.58. The maximum Gasteiger partial charge on any atom is 0.261 e. The number of amides is 1. The Kier molecular flexibility index (Phi) is 7.35. The Labute approximate surface area is 252 Å². The molecule has 0 N–H and O–H groups in total. The highest BCUT2D eigenvalue weighted by Crippen LogP contribution is 2.41. The van der Waals surface area contributed by atoms with Gasteiger partial charge in [0.15, 0.2) is 18.1 Å². The summed E-state index contributed by atoms with van der Waals surface area (Å²) in [6.07, 6.45) is 5.54. The molecule has 0 bridgehead atoms. The van der Waals surface area contributed by atoms with Crippen LogP contribution in [0.1, 0.15) is 46.8 Å². The van der Waals surface area contributed by atoms with E-state index in [0.717, 1.165) is 65.6 Å². The van der Waals surface area contributed by atoms with Crippen LogP contribution < -0.4 is 14.2 Å². The number of carbonyl (C=O) groups is 1. The number of ether oxygens (including phenoxy) is 3. The molecule has 5 aromatic rings. The van der Waals surface area contributed by atoms with E-state index in [1.54, 1.807) is 14.2 Å². The lowest BCUT2D eigenvalue weighted by molar-refractivity contribution is -0.136. The van der Waals surface area contributed by atoms with Crippen LogP contribution in [0.15, 0.2) is 78.9 Å². The molecule has 0 saturated carbocycles. The van der Waals surface area contributed by atoms with E-state index < -0.39 is 0 Å². The average molecular weight is 573 g/mol. The molecule has 1 unspecified atom stereocenters. The smallest absolute Gasteiger partial charge is 0.261 e. The summed E-state index contributed by atoms with van der Waals surface area (Å²) in [7, 11) is 3.32. The largest absolute Gasteiger partial charge is 0.493 e. The van der Waals surface area contributed by atoms with Gasteiger partial charge >= 0.3 is 0 Å².